The Hall–Kier alpha value is -4.07. The molecular formula is C26H28N4O4. The van der Waals surface area contributed by atoms with Crippen LogP contribution in [0.25, 0.3) is 16.9 Å². The summed E-state index contributed by atoms with van der Waals surface area (Å²) in [6.45, 7) is 4.59. The van der Waals surface area contributed by atoms with E-state index in [0.29, 0.717) is 47.1 Å². The topological polar surface area (TPSA) is 86.9 Å². The predicted molar refractivity (Wildman–Crippen MR) is 132 cm³/mol. The molecule has 2 aromatic heterocycles. The summed E-state index contributed by atoms with van der Waals surface area (Å²) in [5.74, 6) is 1.08. The highest BCUT2D eigenvalue weighted by molar-refractivity contribution is 5.92. The van der Waals surface area contributed by atoms with E-state index in [1.807, 2.05) is 60.9 Å². The normalized spacial score (nSPS) is 10.9. The predicted octanol–water partition coefficient (Wildman–Crippen LogP) is 4.08. The number of fused-ring (bicyclic) bond motifs is 1. The lowest BCUT2D eigenvalue weighted by molar-refractivity contribution is -0.116. The van der Waals surface area contributed by atoms with Gasteiger partial charge in [-0.1, -0.05) is 24.3 Å². The molecule has 8 heteroatoms. The highest BCUT2D eigenvalue weighted by Gasteiger charge is 2.19. The second-order valence-corrected chi connectivity index (χ2v) is 7.86. The molecule has 2 aromatic carbocycles. The second kappa shape index (κ2) is 9.82. The van der Waals surface area contributed by atoms with Crippen molar-refractivity contribution in [3.63, 3.8) is 0 Å². The summed E-state index contributed by atoms with van der Waals surface area (Å²) in [6.07, 6.45) is 0.454. The number of carbonyl (C=O) groups excluding carboxylic acids is 1. The van der Waals surface area contributed by atoms with Crippen LogP contribution in [-0.4, -0.2) is 34.3 Å². The van der Waals surface area contributed by atoms with Crippen molar-refractivity contribution in [1.29, 1.82) is 0 Å². The van der Waals surface area contributed by atoms with Crippen molar-refractivity contribution in [2.75, 3.05) is 19.5 Å². The van der Waals surface area contributed by atoms with Gasteiger partial charge in [-0.3, -0.25) is 9.59 Å². The zero-order valence-corrected chi connectivity index (χ0v) is 19.8. The molecule has 0 unspecified atom stereocenters. The van der Waals surface area contributed by atoms with Crippen LogP contribution in [0.15, 0.2) is 59.4 Å². The maximum Gasteiger partial charge on any atom is 0.277 e. The minimum absolute atomic E-state index is 0.157. The number of carbonyl (C=O) groups is 1. The minimum Gasteiger partial charge on any atom is -0.496 e. The molecule has 2 heterocycles. The molecule has 4 aromatic rings. The van der Waals surface area contributed by atoms with E-state index in [-0.39, 0.29) is 17.9 Å². The molecule has 0 aliphatic heterocycles. The summed E-state index contributed by atoms with van der Waals surface area (Å²) in [7, 11) is 3.17. The zero-order valence-electron chi connectivity index (χ0n) is 19.8. The number of anilines is 1. The average molecular weight is 461 g/mol. The first-order valence-electron chi connectivity index (χ1n) is 11.2. The molecule has 0 atom stereocenters. The van der Waals surface area contributed by atoms with Gasteiger partial charge >= 0.3 is 0 Å². The molecule has 0 fully saturated rings. The van der Waals surface area contributed by atoms with E-state index >= 15 is 0 Å². The third-order valence-corrected chi connectivity index (χ3v) is 5.94. The number of rotatable bonds is 8. The van der Waals surface area contributed by atoms with E-state index < -0.39 is 0 Å². The summed E-state index contributed by atoms with van der Waals surface area (Å²) < 4.78 is 14.2. The summed E-state index contributed by atoms with van der Waals surface area (Å²) in [5, 5.41) is 7.47. The Balaban J connectivity index is 1.67. The van der Waals surface area contributed by atoms with Gasteiger partial charge in [0.05, 0.1) is 25.6 Å². The molecule has 0 saturated carbocycles. The van der Waals surface area contributed by atoms with Crippen molar-refractivity contribution in [2.45, 2.75) is 33.2 Å². The molecule has 176 valence electrons. The Morgan fingerprint density at radius 2 is 1.71 bits per heavy atom. The first kappa shape index (κ1) is 23.1. The van der Waals surface area contributed by atoms with Crippen molar-refractivity contribution in [2.24, 2.45) is 0 Å². The van der Waals surface area contributed by atoms with Crippen molar-refractivity contribution in [1.82, 2.24) is 14.2 Å². The van der Waals surface area contributed by atoms with Crippen LogP contribution in [0.3, 0.4) is 0 Å². The van der Waals surface area contributed by atoms with Crippen LogP contribution in [0, 0.1) is 6.92 Å². The Kier molecular flexibility index (Phi) is 6.67. The quantitative estimate of drug-likeness (QED) is 0.428. The number of hydrogen-bond acceptors (Lipinski definition) is 5. The number of amides is 1. The molecule has 1 N–H and O–H groups in total. The largest absolute Gasteiger partial charge is 0.496 e. The van der Waals surface area contributed by atoms with E-state index in [1.54, 1.807) is 26.4 Å². The van der Waals surface area contributed by atoms with Crippen molar-refractivity contribution < 1.29 is 14.3 Å². The first-order chi connectivity index (χ1) is 16.5. The maximum absolute atomic E-state index is 13.4. The standard InChI is InChI=1S/C26H28N4O4/c1-5-29-17(2)18(14-15-24(31)27-20-11-7-9-13-23(20)34-4)26(32)30-25(29)16-21(28-30)19-10-6-8-12-22(19)33-3/h6-13,16H,5,14-15H2,1-4H3,(H,27,31). The lowest BCUT2D eigenvalue weighted by atomic mass is 10.1. The first-order valence-corrected chi connectivity index (χ1v) is 11.2. The molecule has 4 rings (SSSR count). The molecule has 0 radical (unpaired) electrons. The molecule has 1 amide bonds. The van der Waals surface area contributed by atoms with Crippen LogP contribution in [0.2, 0.25) is 0 Å². The Bertz CT molecular complexity index is 1400. The smallest absolute Gasteiger partial charge is 0.277 e. The van der Waals surface area contributed by atoms with Crippen LogP contribution >= 0.6 is 0 Å². The summed E-state index contributed by atoms with van der Waals surface area (Å²) >= 11 is 0. The number of hydrogen-bond donors (Lipinski definition) is 1. The third-order valence-electron chi connectivity index (χ3n) is 5.94. The molecule has 0 aliphatic rings. The number of methoxy groups -OCH3 is 2. The molecule has 0 aliphatic carbocycles. The van der Waals surface area contributed by atoms with Crippen LogP contribution in [-0.2, 0) is 17.8 Å². The van der Waals surface area contributed by atoms with E-state index in [0.717, 1.165) is 11.3 Å². The fraction of sp³-hybridized carbons (Fsp3) is 0.269. The van der Waals surface area contributed by atoms with Gasteiger partial charge < -0.3 is 19.4 Å². The Morgan fingerprint density at radius 3 is 2.41 bits per heavy atom. The van der Waals surface area contributed by atoms with Crippen LogP contribution in [0.5, 0.6) is 11.5 Å². The van der Waals surface area contributed by atoms with Crippen molar-refractivity contribution in [3.05, 3.63) is 76.2 Å². The van der Waals surface area contributed by atoms with E-state index in [1.165, 1.54) is 4.52 Å². The Labute approximate surface area is 197 Å². The summed E-state index contributed by atoms with van der Waals surface area (Å²) in [6, 6.07) is 16.7. The lowest BCUT2D eigenvalue weighted by Crippen LogP contribution is -2.26. The fourth-order valence-corrected chi connectivity index (χ4v) is 4.20. The number of benzene rings is 2. The van der Waals surface area contributed by atoms with Gasteiger partial charge in [0, 0.05) is 35.9 Å². The SMILES string of the molecule is CCn1c(C)c(CCC(=O)Nc2ccccc2OC)c(=O)n2nc(-c3ccccc3OC)cc12. The average Bonchev–Trinajstić information content (AvgIpc) is 3.30. The lowest BCUT2D eigenvalue weighted by Gasteiger charge is -2.15. The number of aromatic nitrogens is 3. The molecule has 8 nitrogen and oxygen atoms in total. The molecular weight excluding hydrogens is 432 g/mol. The Morgan fingerprint density at radius 1 is 1.03 bits per heavy atom. The highest BCUT2D eigenvalue weighted by atomic mass is 16.5. The van der Waals surface area contributed by atoms with Gasteiger partial charge in [0.2, 0.25) is 5.91 Å². The second-order valence-electron chi connectivity index (χ2n) is 7.86. The van der Waals surface area contributed by atoms with Crippen molar-refractivity contribution in [3.8, 4) is 22.8 Å². The van der Waals surface area contributed by atoms with E-state index in [4.69, 9.17) is 9.47 Å². The van der Waals surface area contributed by atoms with Crippen LogP contribution < -0.4 is 20.3 Å². The number of nitrogens with zero attached hydrogens (tertiary/aromatic N) is 3. The fourth-order valence-electron chi connectivity index (χ4n) is 4.20. The van der Waals surface area contributed by atoms with Gasteiger partial charge in [0.25, 0.3) is 5.56 Å². The third kappa shape index (κ3) is 4.26. The molecule has 0 saturated heterocycles. The molecule has 34 heavy (non-hydrogen) atoms. The van der Waals surface area contributed by atoms with Crippen LogP contribution in [0.4, 0.5) is 5.69 Å². The van der Waals surface area contributed by atoms with Crippen molar-refractivity contribution >= 4 is 17.2 Å². The van der Waals surface area contributed by atoms with Gasteiger partial charge in [0.15, 0.2) is 0 Å². The van der Waals surface area contributed by atoms with Gasteiger partial charge in [0.1, 0.15) is 17.1 Å². The maximum atomic E-state index is 13.4. The van der Waals surface area contributed by atoms with Gasteiger partial charge in [-0.15, -0.1) is 0 Å². The van der Waals surface area contributed by atoms with E-state index in [9.17, 15) is 9.59 Å². The molecule has 0 bridgehead atoms. The van der Waals surface area contributed by atoms with E-state index in [2.05, 4.69) is 10.4 Å². The number of nitrogens with one attached hydrogen (secondary N) is 1. The van der Waals surface area contributed by atoms with Crippen LogP contribution in [0.1, 0.15) is 24.6 Å². The van der Waals surface area contributed by atoms with Gasteiger partial charge in [-0.25, -0.2) is 0 Å². The zero-order chi connectivity index (χ0) is 24.2. The number of para-hydroxylation sites is 3. The highest BCUT2D eigenvalue weighted by Crippen LogP contribution is 2.29. The van der Waals surface area contributed by atoms with Gasteiger partial charge in [-0.2, -0.15) is 9.61 Å². The summed E-state index contributed by atoms with van der Waals surface area (Å²) in [5.41, 5.74) is 3.95. The number of ether oxygens (including phenoxy) is 2. The van der Waals surface area contributed by atoms with Gasteiger partial charge in [-0.05, 0) is 44.5 Å². The monoisotopic (exact) mass is 460 g/mol. The minimum atomic E-state index is -0.219. The summed E-state index contributed by atoms with van der Waals surface area (Å²) in [4.78, 5) is 26.0. The number of aryl methyl sites for hydroxylation is 1. The molecule has 0 spiro atoms.